The van der Waals surface area contributed by atoms with Crippen LogP contribution in [-0.4, -0.2) is 6.04 Å². The predicted molar refractivity (Wildman–Crippen MR) is 87.1 cm³/mol. The van der Waals surface area contributed by atoms with Gasteiger partial charge in [-0.3, -0.25) is 11.3 Å². The van der Waals surface area contributed by atoms with E-state index in [9.17, 15) is 0 Å². The summed E-state index contributed by atoms with van der Waals surface area (Å²) in [5, 5.41) is 1.50. The molecule has 1 atom stereocenters. The van der Waals surface area contributed by atoms with Gasteiger partial charge in [0.1, 0.15) is 0 Å². The molecule has 0 saturated heterocycles. The Balaban J connectivity index is 1.95. The molecular weight excluding hydrogens is 291 g/mol. The van der Waals surface area contributed by atoms with Crippen LogP contribution in [0.15, 0.2) is 18.2 Å². The van der Waals surface area contributed by atoms with Gasteiger partial charge in [-0.05, 0) is 42.5 Å². The Hall–Kier alpha value is -0.280. The molecule has 1 unspecified atom stereocenters. The number of benzene rings is 1. The van der Waals surface area contributed by atoms with Crippen LogP contribution in [-0.2, 0) is 6.42 Å². The van der Waals surface area contributed by atoms with Crippen LogP contribution >= 0.6 is 23.2 Å². The minimum atomic E-state index is 0.272. The van der Waals surface area contributed by atoms with E-state index < -0.39 is 0 Å². The number of hydrazine groups is 1. The Morgan fingerprint density at radius 2 is 1.85 bits per heavy atom. The van der Waals surface area contributed by atoms with Gasteiger partial charge in [0, 0.05) is 16.1 Å². The molecule has 0 aromatic heterocycles. The van der Waals surface area contributed by atoms with E-state index in [0.29, 0.717) is 0 Å². The highest BCUT2D eigenvalue weighted by molar-refractivity contribution is 6.33. The van der Waals surface area contributed by atoms with Crippen LogP contribution in [0.25, 0.3) is 0 Å². The fraction of sp³-hybridized carbons (Fsp3) is 0.625. The molecule has 1 saturated carbocycles. The van der Waals surface area contributed by atoms with Crippen molar-refractivity contribution < 1.29 is 0 Å². The van der Waals surface area contributed by atoms with Crippen molar-refractivity contribution in [1.82, 2.24) is 5.43 Å². The number of hydrogen-bond acceptors (Lipinski definition) is 2. The third-order valence-electron chi connectivity index (χ3n) is 4.30. The first-order valence-electron chi connectivity index (χ1n) is 7.59. The van der Waals surface area contributed by atoms with Crippen molar-refractivity contribution in [3.05, 3.63) is 33.8 Å². The average Bonchev–Trinajstić information content (AvgIpc) is 2.70. The van der Waals surface area contributed by atoms with E-state index in [1.807, 2.05) is 18.2 Å². The molecule has 3 N–H and O–H groups in total. The first kappa shape index (κ1) is 16.1. The van der Waals surface area contributed by atoms with Crippen molar-refractivity contribution in [3.8, 4) is 0 Å². The van der Waals surface area contributed by atoms with Gasteiger partial charge in [-0.2, -0.15) is 0 Å². The van der Waals surface area contributed by atoms with Gasteiger partial charge < -0.3 is 0 Å². The highest BCUT2D eigenvalue weighted by Crippen LogP contribution is 2.28. The summed E-state index contributed by atoms with van der Waals surface area (Å²) in [4.78, 5) is 0. The second-order valence-electron chi connectivity index (χ2n) is 5.90. The Kier molecular flexibility index (Phi) is 6.63. The largest absolute Gasteiger partial charge is 0.271 e. The van der Waals surface area contributed by atoms with Gasteiger partial charge in [0.05, 0.1) is 0 Å². The lowest BCUT2D eigenvalue weighted by molar-refractivity contribution is 0.352. The number of hydrogen-bond donors (Lipinski definition) is 2. The zero-order valence-corrected chi connectivity index (χ0v) is 13.4. The standard InChI is InChI=1S/C16H24Cl2N2/c17-14-7-8-16(18)13(10-14)11-15(20-19)9-12-5-3-1-2-4-6-12/h7-8,10,12,15,20H,1-6,9,11,19H2. The lowest BCUT2D eigenvalue weighted by Gasteiger charge is -2.22. The van der Waals surface area contributed by atoms with Crippen LogP contribution in [0.3, 0.4) is 0 Å². The van der Waals surface area contributed by atoms with E-state index in [4.69, 9.17) is 29.0 Å². The second kappa shape index (κ2) is 8.23. The van der Waals surface area contributed by atoms with Crippen molar-refractivity contribution in [2.24, 2.45) is 11.8 Å². The Morgan fingerprint density at radius 3 is 2.50 bits per heavy atom. The summed E-state index contributed by atoms with van der Waals surface area (Å²) in [6.45, 7) is 0. The number of halogens is 2. The molecule has 0 amide bonds. The van der Waals surface area contributed by atoms with E-state index >= 15 is 0 Å². The van der Waals surface area contributed by atoms with Gasteiger partial charge in [0.25, 0.3) is 0 Å². The van der Waals surface area contributed by atoms with Crippen LogP contribution in [0.2, 0.25) is 10.0 Å². The molecule has 0 aliphatic heterocycles. The highest BCUT2D eigenvalue weighted by atomic mass is 35.5. The number of rotatable bonds is 5. The van der Waals surface area contributed by atoms with Crippen LogP contribution in [0, 0.1) is 5.92 Å². The van der Waals surface area contributed by atoms with E-state index in [-0.39, 0.29) is 6.04 Å². The molecular formula is C16H24Cl2N2. The van der Waals surface area contributed by atoms with Gasteiger partial charge in [-0.15, -0.1) is 0 Å². The summed E-state index contributed by atoms with van der Waals surface area (Å²) >= 11 is 12.3. The summed E-state index contributed by atoms with van der Waals surface area (Å²) in [7, 11) is 0. The summed E-state index contributed by atoms with van der Waals surface area (Å²) < 4.78 is 0. The Labute approximate surface area is 132 Å². The Morgan fingerprint density at radius 1 is 1.15 bits per heavy atom. The van der Waals surface area contributed by atoms with Gasteiger partial charge >= 0.3 is 0 Å². The van der Waals surface area contributed by atoms with Crippen LogP contribution in [0.4, 0.5) is 0 Å². The minimum Gasteiger partial charge on any atom is -0.271 e. The summed E-state index contributed by atoms with van der Waals surface area (Å²) in [5.41, 5.74) is 4.04. The maximum Gasteiger partial charge on any atom is 0.0439 e. The molecule has 0 radical (unpaired) electrons. The van der Waals surface area contributed by atoms with Crippen molar-refractivity contribution >= 4 is 23.2 Å². The normalized spacial score (nSPS) is 18.8. The first-order chi connectivity index (χ1) is 9.69. The molecule has 2 rings (SSSR count). The second-order valence-corrected chi connectivity index (χ2v) is 6.74. The first-order valence-corrected chi connectivity index (χ1v) is 8.34. The lowest BCUT2D eigenvalue weighted by Crippen LogP contribution is -2.38. The van der Waals surface area contributed by atoms with Crippen LogP contribution < -0.4 is 11.3 Å². The zero-order chi connectivity index (χ0) is 14.4. The smallest absolute Gasteiger partial charge is 0.0439 e. The number of nitrogens with two attached hydrogens (primary N) is 1. The molecule has 1 fully saturated rings. The van der Waals surface area contributed by atoms with Crippen molar-refractivity contribution in [3.63, 3.8) is 0 Å². The summed E-state index contributed by atoms with van der Waals surface area (Å²) in [6.07, 6.45) is 10.1. The average molecular weight is 315 g/mol. The van der Waals surface area contributed by atoms with Gasteiger partial charge in [-0.1, -0.05) is 61.7 Å². The molecule has 1 aliphatic rings. The molecule has 0 heterocycles. The monoisotopic (exact) mass is 314 g/mol. The van der Waals surface area contributed by atoms with Crippen molar-refractivity contribution in [1.29, 1.82) is 0 Å². The molecule has 1 aromatic rings. The molecule has 1 aromatic carbocycles. The summed E-state index contributed by atoms with van der Waals surface area (Å²) in [6, 6.07) is 5.90. The maximum atomic E-state index is 6.24. The SMILES string of the molecule is NNC(Cc1cc(Cl)ccc1Cl)CC1CCCCCC1. The molecule has 0 bridgehead atoms. The quantitative estimate of drug-likeness (QED) is 0.468. The number of nitrogens with one attached hydrogen (secondary N) is 1. The van der Waals surface area contributed by atoms with Crippen molar-refractivity contribution in [2.75, 3.05) is 0 Å². The van der Waals surface area contributed by atoms with Crippen LogP contribution in [0.1, 0.15) is 50.5 Å². The lowest BCUT2D eigenvalue weighted by atomic mass is 9.90. The molecule has 4 heteroatoms. The zero-order valence-electron chi connectivity index (χ0n) is 11.9. The third kappa shape index (κ3) is 4.92. The van der Waals surface area contributed by atoms with E-state index in [0.717, 1.165) is 34.4 Å². The van der Waals surface area contributed by atoms with E-state index in [1.165, 1.54) is 38.5 Å². The van der Waals surface area contributed by atoms with Gasteiger partial charge in [-0.25, -0.2) is 0 Å². The molecule has 112 valence electrons. The van der Waals surface area contributed by atoms with E-state index in [1.54, 1.807) is 0 Å². The fourth-order valence-electron chi connectivity index (χ4n) is 3.18. The molecule has 20 heavy (non-hydrogen) atoms. The molecule has 2 nitrogen and oxygen atoms in total. The summed E-state index contributed by atoms with van der Waals surface area (Å²) in [5.74, 6) is 6.53. The van der Waals surface area contributed by atoms with Gasteiger partial charge in [0.15, 0.2) is 0 Å². The predicted octanol–water partition coefficient (Wildman–Crippen LogP) is 4.73. The maximum absolute atomic E-state index is 6.24. The van der Waals surface area contributed by atoms with E-state index in [2.05, 4.69) is 5.43 Å². The topological polar surface area (TPSA) is 38.0 Å². The van der Waals surface area contributed by atoms with Crippen LogP contribution in [0.5, 0.6) is 0 Å². The Bertz CT molecular complexity index is 415. The molecule has 1 aliphatic carbocycles. The third-order valence-corrected chi connectivity index (χ3v) is 4.91. The minimum absolute atomic E-state index is 0.272. The van der Waals surface area contributed by atoms with Gasteiger partial charge in [0.2, 0.25) is 0 Å². The molecule has 0 spiro atoms. The highest BCUT2D eigenvalue weighted by Gasteiger charge is 2.18. The van der Waals surface area contributed by atoms with Crippen molar-refractivity contribution in [2.45, 2.75) is 57.4 Å². The fourth-order valence-corrected chi connectivity index (χ4v) is 3.57.